The predicted octanol–water partition coefficient (Wildman–Crippen LogP) is 8.26. The van der Waals surface area contributed by atoms with E-state index in [0.717, 1.165) is 38.9 Å². The second kappa shape index (κ2) is 11.9. The Morgan fingerprint density at radius 1 is 0.438 bits per heavy atom. The minimum absolute atomic E-state index is 0.126. The SMILES string of the molecule is C1=CB2c3ccc(-c4ccc(-c5nc(-c6ccccc6)nc(-c6ccccc6)n5)cc4-c4ccccc4)cc3N3C=CC=CB3N2C=C1. The van der Waals surface area contributed by atoms with Gasteiger partial charge in [0, 0.05) is 22.4 Å². The molecule has 1 aromatic heterocycles. The second-order valence-corrected chi connectivity index (χ2v) is 12.1. The summed E-state index contributed by atoms with van der Waals surface area (Å²) in [6, 6.07) is 44.3. The zero-order valence-corrected chi connectivity index (χ0v) is 26.1. The van der Waals surface area contributed by atoms with Gasteiger partial charge < -0.3 is 9.53 Å². The molecule has 0 atom stereocenters. The summed E-state index contributed by atoms with van der Waals surface area (Å²) in [4.78, 5) is 17.3. The maximum atomic E-state index is 5.02. The fourth-order valence-corrected chi connectivity index (χ4v) is 6.89. The highest BCUT2D eigenvalue weighted by molar-refractivity contribution is 6.90. The summed E-state index contributed by atoms with van der Waals surface area (Å²) in [6.45, 7) is 0.315. The first-order chi connectivity index (χ1) is 23.8. The van der Waals surface area contributed by atoms with Crippen LogP contribution in [0.5, 0.6) is 0 Å². The van der Waals surface area contributed by atoms with Crippen LogP contribution in [0.2, 0.25) is 0 Å². The molecule has 6 aromatic rings. The molecule has 4 heterocycles. The van der Waals surface area contributed by atoms with Crippen LogP contribution in [0.15, 0.2) is 176 Å². The normalized spacial score (nSPS) is 14.2. The standard InChI is InChI=1S/C41H29B2N5/c1-4-14-30(15-5-1)36-28-34(41-45-39(31-16-6-2-7-17-31)44-40(46-41)32-18-8-3-9-19-32)20-22-35(36)33-21-23-37-38(29-33)47-26-12-11-25-43(47)48-27-13-10-24-42(37)48/h1-29H. The molecule has 0 saturated heterocycles. The third-order valence-corrected chi connectivity index (χ3v) is 9.22. The fraction of sp³-hybridized carbons (Fsp3) is 0. The van der Waals surface area contributed by atoms with Gasteiger partial charge in [-0.25, -0.2) is 15.0 Å². The molecule has 0 radical (unpaired) electrons. The van der Waals surface area contributed by atoms with Crippen molar-refractivity contribution in [2.24, 2.45) is 0 Å². The van der Waals surface area contributed by atoms with Crippen LogP contribution < -0.4 is 10.3 Å². The van der Waals surface area contributed by atoms with E-state index < -0.39 is 0 Å². The molecular weight excluding hydrogens is 584 g/mol. The van der Waals surface area contributed by atoms with Gasteiger partial charge in [-0.1, -0.05) is 139 Å². The molecule has 3 aliphatic heterocycles. The van der Waals surface area contributed by atoms with E-state index in [9.17, 15) is 0 Å². The fourth-order valence-electron chi connectivity index (χ4n) is 6.89. The zero-order chi connectivity index (χ0) is 31.9. The molecule has 0 amide bonds. The first-order valence-electron chi connectivity index (χ1n) is 16.3. The molecular formula is C41H29B2N5. The van der Waals surface area contributed by atoms with Crippen molar-refractivity contribution >= 4 is 25.0 Å². The number of fused-ring (bicyclic) bond motifs is 6. The van der Waals surface area contributed by atoms with Crippen molar-refractivity contribution in [3.8, 4) is 56.4 Å². The van der Waals surface area contributed by atoms with Crippen LogP contribution in [0.3, 0.4) is 0 Å². The maximum absolute atomic E-state index is 5.02. The quantitative estimate of drug-likeness (QED) is 0.183. The lowest BCUT2D eigenvalue weighted by Crippen LogP contribution is -2.64. The monoisotopic (exact) mass is 613 g/mol. The number of anilines is 1. The highest BCUT2D eigenvalue weighted by Gasteiger charge is 2.41. The zero-order valence-electron chi connectivity index (χ0n) is 26.1. The van der Waals surface area contributed by atoms with Crippen LogP contribution in [0, 0.1) is 0 Å². The van der Waals surface area contributed by atoms with E-state index in [1.807, 2.05) is 60.7 Å². The van der Waals surface area contributed by atoms with E-state index in [0.29, 0.717) is 17.5 Å². The van der Waals surface area contributed by atoms with Gasteiger partial charge in [0.2, 0.25) is 0 Å². The Hall–Kier alpha value is -6.20. The van der Waals surface area contributed by atoms with E-state index in [4.69, 9.17) is 15.0 Å². The molecule has 0 unspecified atom stereocenters. The molecule has 0 spiro atoms. The summed E-state index contributed by atoms with van der Waals surface area (Å²) in [6.07, 6.45) is 12.9. The first kappa shape index (κ1) is 28.1. The van der Waals surface area contributed by atoms with Crippen LogP contribution in [0.4, 0.5) is 5.69 Å². The molecule has 3 aliphatic rings. The Kier molecular flexibility index (Phi) is 6.94. The summed E-state index contributed by atoms with van der Waals surface area (Å²) in [7, 11) is 0. The van der Waals surface area contributed by atoms with Gasteiger partial charge >= 0.3 is 13.8 Å². The lowest BCUT2D eigenvalue weighted by Gasteiger charge is -2.45. The van der Waals surface area contributed by atoms with Crippen LogP contribution in [0.25, 0.3) is 56.4 Å². The van der Waals surface area contributed by atoms with Crippen molar-refractivity contribution in [2.45, 2.75) is 0 Å². The average Bonchev–Trinajstić information content (AvgIpc) is 3.18. The van der Waals surface area contributed by atoms with Gasteiger partial charge in [0.15, 0.2) is 17.5 Å². The number of allylic oxidation sites excluding steroid dienone is 4. The Morgan fingerprint density at radius 2 is 1.02 bits per heavy atom. The van der Waals surface area contributed by atoms with Crippen molar-refractivity contribution in [1.82, 2.24) is 19.7 Å². The third-order valence-electron chi connectivity index (χ3n) is 9.22. The van der Waals surface area contributed by atoms with Crippen LogP contribution in [-0.4, -0.2) is 33.5 Å². The maximum Gasteiger partial charge on any atom is 0.395 e. The molecule has 224 valence electrons. The van der Waals surface area contributed by atoms with E-state index in [2.05, 4.69) is 125 Å². The number of hydrogen-bond acceptors (Lipinski definition) is 5. The molecule has 5 nitrogen and oxygen atoms in total. The lowest BCUT2D eigenvalue weighted by atomic mass is 9.43. The molecule has 48 heavy (non-hydrogen) atoms. The number of hydrogen-bond donors (Lipinski definition) is 0. The Bertz CT molecular complexity index is 2210. The summed E-state index contributed by atoms with van der Waals surface area (Å²) in [5.74, 6) is 6.49. The molecule has 0 bridgehead atoms. The minimum Gasteiger partial charge on any atom is -0.437 e. The molecule has 0 saturated carbocycles. The van der Waals surface area contributed by atoms with E-state index in [1.165, 1.54) is 11.2 Å². The predicted molar refractivity (Wildman–Crippen MR) is 199 cm³/mol. The molecule has 5 aromatic carbocycles. The van der Waals surface area contributed by atoms with Gasteiger partial charge in [0.25, 0.3) is 0 Å². The number of rotatable bonds is 5. The van der Waals surface area contributed by atoms with Gasteiger partial charge in [-0.15, -0.1) is 0 Å². The van der Waals surface area contributed by atoms with Crippen LogP contribution in [0.1, 0.15) is 0 Å². The molecule has 9 rings (SSSR count). The Labute approximate surface area is 281 Å². The van der Waals surface area contributed by atoms with Gasteiger partial charge in [0.1, 0.15) is 0 Å². The topological polar surface area (TPSA) is 45.2 Å². The Balaban J connectivity index is 1.20. The summed E-state index contributed by atoms with van der Waals surface area (Å²) >= 11 is 0. The molecule has 0 fully saturated rings. The van der Waals surface area contributed by atoms with E-state index in [1.54, 1.807) is 0 Å². The minimum atomic E-state index is 0.126. The van der Waals surface area contributed by atoms with Crippen molar-refractivity contribution in [2.75, 3.05) is 4.81 Å². The van der Waals surface area contributed by atoms with Crippen LogP contribution >= 0.6 is 0 Å². The van der Waals surface area contributed by atoms with Gasteiger partial charge in [-0.05, 0) is 64.4 Å². The van der Waals surface area contributed by atoms with Gasteiger partial charge in [-0.2, -0.15) is 0 Å². The first-order valence-corrected chi connectivity index (χ1v) is 16.3. The molecule has 7 heteroatoms. The largest absolute Gasteiger partial charge is 0.437 e. The lowest BCUT2D eigenvalue weighted by molar-refractivity contribution is 0.878. The molecule has 0 aliphatic carbocycles. The summed E-state index contributed by atoms with van der Waals surface area (Å²) < 4.78 is 2.41. The van der Waals surface area contributed by atoms with Crippen molar-refractivity contribution in [3.05, 3.63) is 176 Å². The number of aromatic nitrogens is 3. The smallest absolute Gasteiger partial charge is 0.395 e. The highest BCUT2D eigenvalue weighted by Crippen LogP contribution is 2.38. The summed E-state index contributed by atoms with van der Waals surface area (Å²) in [5.41, 5.74) is 9.94. The van der Waals surface area contributed by atoms with Gasteiger partial charge in [0.05, 0.1) is 0 Å². The Morgan fingerprint density at radius 3 is 1.71 bits per heavy atom. The van der Waals surface area contributed by atoms with E-state index in [-0.39, 0.29) is 13.8 Å². The highest BCUT2D eigenvalue weighted by atomic mass is 15.2. The van der Waals surface area contributed by atoms with Crippen LogP contribution in [-0.2, 0) is 0 Å². The average molecular weight is 613 g/mol. The van der Waals surface area contributed by atoms with Gasteiger partial charge in [-0.3, -0.25) is 0 Å². The number of nitrogens with zero attached hydrogens (tertiary/aromatic N) is 5. The summed E-state index contributed by atoms with van der Waals surface area (Å²) in [5, 5.41) is 0. The van der Waals surface area contributed by atoms with Crippen molar-refractivity contribution in [1.29, 1.82) is 0 Å². The van der Waals surface area contributed by atoms with E-state index >= 15 is 0 Å². The second-order valence-electron chi connectivity index (χ2n) is 12.1. The number of benzene rings is 5. The molecule has 0 N–H and O–H groups in total. The van der Waals surface area contributed by atoms with Crippen molar-refractivity contribution < 1.29 is 0 Å². The van der Waals surface area contributed by atoms with Crippen molar-refractivity contribution in [3.63, 3.8) is 0 Å². The third kappa shape index (κ3) is 4.97.